The van der Waals surface area contributed by atoms with Crippen LogP contribution in [0.5, 0.6) is 0 Å². The number of rotatable bonds is 3. The van der Waals surface area contributed by atoms with E-state index in [1.807, 2.05) is 27.7 Å². The lowest BCUT2D eigenvalue weighted by Crippen LogP contribution is -2.36. The Morgan fingerprint density at radius 1 is 0.696 bits per heavy atom. The van der Waals surface area contributed by atoms with Gasteiger partial charge in [-0.1, -0.05) is 32.1 Å². The van der Waals surface area contributed by atoms with E-state index in [9.17, 15) is 8.42 Å². The van der Waals surface area contributed by atoms with Gasteiger partial charge in [0.15, 0.2) is 0 Å². The molecule has 1 aliphatic rings. The largest absolute Gasteiger partial charge is 0.241 e. The lowest BCUT2D eigenvalue weighted by molar-refractivity contribution is 0.426. The summed E-state index contributed by atoms with van der Waals surface area (Å²) >= 11 is 0. The molecular weight excluding hydrogens is 306 g/mol. The lowest BCUT2D eigenvalue weighted by atomic mass is 9.95. The Bertz CT molecular complexity index is 640. The molecule has 3 nitrogen and oxygen atoms in total. The van der Waals surface area contributed by atoms with E-state index in [-0.39, 0.29) is 6.04 Å². The zero-order chi connectivity index (χ0) is 17.2. The minimum Gasteiger partial charge on any atom is -0.208 e. The Morgan fingerprint density at radius 2 is 1.09 bits per heavy atom. The number of sulfonamides is 1. The zero-order valence-electron chi connectivity index (χ0n) is 15.3. The first-order chi connectivity index (χ1) is 10.8. The van der Waals surface area contributed by atoms with Gasteiger partial charge in [-0.3, -0.25) is 0 Å². The summed E-state index contributed by atoms with van der Waals surface area (Å²) in [6.07, 6.45) is 7.89. The van der Waals surface area contributed by atoms with Crippen molar-refractivity contribution in [2.24, 2.45) is 0 Å². The van der Waals surface area contributed by atoms with E-state index in [1.54, 1.807) is 0 Å². The SMILES string of the molecule is Cc1c(C)c(C)c(S(=O)(=O)NC2CCCCCCC2)c(C)c1C. The smallest absolute Gasteiger partial charge is 0.208 e. The summed E-state index contributed by atoms with van der Waals surface area (Å²) in [5, 5.41) is 0. The molecule has 0 aromatic heterocycles. The van der Waals surface area contributed by atoms with Crippen LogP contribution in [0.4, 0.5) is 0 Å². The Labute approximate surface area is 141 Å². The van der Waals surface area contributed by atoms with Crippen molar-refractivity contribution in [2.45, 2.75) is 90.5 Å². The quantitative estimate of drug-likeness (QED) is 0.875. The van der Waals surface area contributed by atoms with Crippen LogP contribution in [0.1, 0.15) is 72.8 Å². The summed E-state index contributed by atoms with van der Waals surface area (Å²) in [5.41, 5.74) is 5.16. The Kier molecular flexibility index (Phi) is 5.90. The van der Waals surface area contributed by atoms with Gasteiger partial charge in [-0.2, -0.15) is 0 Å². The third kappa shape index (κ3) is 3.97. The van der Waals surface area contributed by atoms with Crippen LogP contribution in [-0.2, 0) is 10.0 Å². The predicted octanol–water partition coefficient (Wildman–Crippen LogP) is 4.62. The predicted molar refractivity (Wildman–Crippen MR) is 96.6 cm³/mol. The maximum absolute atomic E-state index is 13.0. The first-order valence-electron chi connectivity index (χ1n) is 8.85. The minimum absolute atomic E-state index is 0.0843. The third-order valence-corrected chi connectivity index (χ3v) is 7.42. The molecule has 4 heteroatoms. The van der Waals surface area contributed by atoms with E-state index in [1.165, 1.54) is 24.8 Å². The summed E-state index contributed by atoms with van der Waals surface area (Å²) in [6.45, 7) is 9.98. The molecule has 1 saturated carbocycles. The van der Waals surface area contributed by atoms with Crippen molar-refractivity contribution in [1.29, 1.82) is 0 Å². The molecule has 0 bridgehead atoms. The maximum atomic E-state index is 13.0. The Balaban J connectivity index is 2.36. The van der Waals surface area contributed by atoms with Gasteiger partial charge in [-0.25, -0.2) is 13.1 Å². The molecule has 1 aliphatic carbocycles. The van der Waals surface area contributed by atoms with Gasteiger partial charge < -0.3 is 0 Å². The maximum Gasteiger partial charge on any atom is 0.241 e. The number of nitrogens with one attached hydrogen (secondary N) is 1. The summed E-state index contributed by atoms with van der Waals surface area (Å²) in [5.74, 6) is 0. The lowest BCUT2D eigenvalue weighted by Gasteiger charge is -2.24. The van der Waals surface area contributed by atoms with Crippen molar-refractivity contribution < 1.29 is 8.42 Å². The summed E-state index contributed by atoms with van der Waals surface area (Å²) in [7, 11) is -3.46. The van der Waals surface area contributed by atoms with Gasteiger partial charge >= 0.3 is 0 Å². The molecule has 0 radical (unpaired) electrons. The van der Waals surface area contributed by atoms with Gasteiger partial charge in [0.2, 0.25) is 10.0 Å². The molecule has 1 aromatic carbocycles. The molecule has 0 unspecified atom stereocenters. The van der Waals surface area contributed by atoms with E-state index < -0.39 is 10.0 Å². The summed E-state index contributed by atoms with van der Waals surface area (Å²) in [6, 6.07) is 0.0843. The number of benzene rings is 1. The minimum atomic E-state index is -3.46. The highest BCUT2D eigenvalue weighted by Gasteiger charge is 2.26. The van der Waals surface area contributed by atoms with Crippen LogP contribution in [0.25, 0.3) is 0 Å². The first-order valence-corrected chi connectivity index (χ1v) is 10.3. The van der Waals surface area contributed by atoms with Crippen LogP contribution in [0.15, 0.2) is 4.90 Å². The van der Waals surface area contributed by atoms with Crippen LogP contribution >= 0.6 is 0 Å². The van der Waals surface area contributed by atoms with E-state index in [0.717, 1.165) is 47.9 Å². The fourth-order valence-electron chi connectivity index (χ4n) is 3.72. The highest BCUT2D eigenvalue weighted by Crippen LogP contribution is 2.30. The van der Waals surface area contributed by atoms with Crippen LogP contribution < -0.4 is 4.72 Å². The van der Waals surface area contributed by atoms with E-state index in [2.05, 4.69) is 11.6 Å². The number of hydrogen-bond donors (Lipinski definition) is 1. The van der Waals surface area contributed by atoms with Gasteiger partial charge in [0, 0.05) is 6.04 Å². The Hall–Kier alpha value is -0.870. The third-order valence-electron chi connectivity index (χ3n) is 5.63. The van der Waals surface area contributed by atoms with E-state index >= 15 is 0 Å². The van der Waals surface area contributed by atoms with Gasteiger partial charge in [0.05, 0.1) is 4.90 Å². The normalized spacial score (nSPS) is 17.8. The van der Waals surface area contributed by atoms with Crippen molar-refractivity contribution in [3.8, 4) is 0 Å². The molecule has 1 N–H and O–H groups in total. The van der Waals surface area contributed by atoms with Crippen LogP contribution in [0.3, 0.4) is 0 Å². The van der Waals surface area contributed by atoms with Crippen molar-refractivity contribution in [3.63, 3.8) is 0 Å². The highest BCUT2D eigenvalue weighted by atomic mass is 32.2. The molecule has 0 aliphatic heterocycles. The zero-order valence-corrected chi connectivity index (χ0v) is 16.1. The van der Waals surface area contributed by atoms with Gasteiger partial charge in [0.1, 0.15) is 0 Å². The molecular formula is C19H31NO2S. The molecule has 1 fully saturated rings. The van der Waals surface area contributed by atoms with Gasteiger partial charge in [-0.15, -0.1) is 0 Å². The highest BCUT2D eigenvalue weighted by molar-refractivity contribution is 7.89. The van der Waals surface area contributed by atoms with Crippen molar-refractivity contribution in [1.82, 2.24) is 4.72 Å². The van der Waals surface area contributed by atoms with Crippen molar-refractivity contribution in [3.05, 3.63) is 27.8 Å². The molecule has 0 atom stereocenters. The summed E-state index contributed by atoms with van der Waals surface area (Å²) in [4.78, 5) is 0.500. The molecule has 0 spiro atoms. The van der Waals surface area contributed by atoms with Crippen LogP contribution in [-0.4, -0.2) is 14.5 Å². The first kappa shape index (κ1) is 18.5. The number of hydrogen-bond acceptors (Lipinski definition) is 2. The van der Waals surface area contributed by atoms with E-state index in [4.69, 9.17) is 0 Å². The molecule has 23 heavy (non-hydrogen) atoms. The fourth-order valence-corrected chi connectivity index (χ4v) is 5.63. The Morgan fingerprint density at radius 3 is 1.57 bits per heavy atom. The second-order valence-corrected chi connectivity index (χ2v) is 8.77. The molecule has 0 amide bonds. The summed E-state index contributed by atoms with van der Waals surface area (Å²) < 4.78 is 29.1. The molecule has 1 aromatic rings. The molecule has 0 heterocycles. The second kappa shape index (κ2) is 7.35. The monoisotopic (exact) mass is 337 g/mol. The average Bonchev–Trinajstić information content (AvgIpc) is 2.45. The molecule has 2 rings (SSSR count). The van der Waals surface area contributed by atoms with Crippen molar-refractivity contribution >= 4 is 10.0 Å². The standard InChI is InChI=1S/C19H31NO2S/c1-13-14(2)16(4)19(17(5)15(13)3)23(21,22)20-18-11-9-7-6-8-10-12-18/h18,20H,6-12H2,1-5H3. The fraction of sp³-hybridized carbons (Fsp3) is 0.684. The van der Waals surface area contributed by atoms with Crippen LogP contribution in [0, 0.1) is 34.6 Å². The van der Waals surface area contributed by atoms with E-state index in [0.29, 0.717) is 4.90 Å². The van der Waals surface area contributed by atoms with Crippen LogP contribution in [0.2, 0.25) is 0 Å². The average molecular weight is 338 g/mol. The van der Waals surface area contributed by atoms with Crippen molar-refractivity contribution in [2.75, 3.05) is 0 Å². The second-order valence-electron chi connectivity index (χ2n) is 7.12. The molecule has 0 saturated heterocycles. The van der Waals surface area contributed by atoms with Gasteiger partial charge in [-0.05, 0) is 75.3 Å². The van der Waals surface area contributed by atoms with Gasteiger partial charge in [0.25, 0.3) is 0 Å². The topological polar surface area (TPSA) is 46.2 Å². The molecule has 130 valence electrons.